The molecule has 0 saturated carbocycles. The molecule has 1 radical (unpaired) electrons. The molecule has 2 heterocycles. The molecule has 0 aliphatic carbocycles. The van der Waals surface area contributed by atoms with Crippen LogP contribution < -0.4 is 0 Å². The predicted molar refractivity (Wildman–Crippen MR) is 112 cm³/mol. The van der Waals surface area contributed by atoms with Crippen molar-refractivity contribution in [2.75, 3.05) is 0 Å². The highest BCUT2D eigenvalue weighted by molar-refractivity contribution is 6.03. The fourth-order valence-electron chi connectivity index (χ4n) is 3.64. The first-order valence-electron chi connectivity index (χ1n) is 9.10. The Morgan fingerprint density at radius 2 is 1.00 bits per heavy atom. The summed E-state index contributed by atoms with van der Waals surface area (Å²) in [6, 6.07) is 29.1. The molecule has 0 amide bonds. The van der Waals surface area contributed by atoms with E-state index < -0.39 is 0 Å². The van der Waals surface area contributed by atoms with E-state index in [-0.39, 0.29) is 0 Å². The quantitative estimate of drug-likeness (QED) is 0.372. The second kappa shape index (κ2) is 5.79. The van der Waals surface area contributed by atoms with Gasteiger partial charge in [0.1, 0.15) is 0 Å². The maximum atomic E-state index is 4.89. The average molecular weight is 357 g/mol. The zero-order chi connectivity index (χ0) is 18.5. The number of para-hydroxylation sites is 5. The van der Waals surface area contributed by atoms with Crippen LogP contribution in [0.4, 0.5) is 0 Å². The lowest BCUT2D eigenvalue weighted by Crippen LogP contribution is -1.93. The topological polar surface area (TPSA) is 51.6 Å². The van der Waals surface area contributed by atoms with Gasteiger partial charge in [-0.3, -0.25) is 0 Å². The third kappa shape index (κ3) is 2.25. The summed E-state index contributed by atoms with van der Waals surface area (Å²) >= 11 is 0. The Hall–Kier alpha value is -3.92. The van der Waals surface area contributed by atoms with Crippen molar-refractivity contribution >= 4 is 44.1 Å². The Morgan fingerprint density at radius 3 is 1.68 bits per heavy atom. The number of benzene rings is 4. The van der Waals surface area contributed by atoms with Crippen LogP contribution in [0.5, 0.6) is 0 Å². The van der Waals surface area contributed by atoms with Gasteiger partial charge in [0.05, 0.1) is 44.1 Å². The molecule has 0 atom stereocenters. The third-order valence-corrected chi connectivity index (χ3v) is 4.94. The molecule has 0 fully saturated rings. The summed E-state index contributed by atoms with van der Waals surface area (Å²) in [5.41, 5.74) is 8.75. The zero-order valence-corrected chi connectivity index (χ0v) is 14.8. The molecule has 4 heteroatoms. The van der Waals surface area contributed by atoms with Gasteiger partial charge >= 0.3 is 0 Å². The first kappa shape index (κ1) is 15.2. The van der Waals surface area contributed by atoms with Crippen molar-refractivity contribution in [1.82, 2.24) is 19.9 Å². The van der Waals surface area contributed by atoms with Gasteiger partial charge in [-0.25, -0.2) is 19.9 Å². The fourth-order valence-corrected chi connectivity index (χ4v) is 3.64. The molecular weight excluding hydrogens is 344 g/mol. The Kier molecular flexibility index (Phi) is 3.14. The number of aromatic nitrogens is 4. The van der Waals surface area contributed by atoms with E-state index >= 15 is 0 Å². The predicted octanol–water partition coefficient (Wildman–Crippen LogP) is 5.35. The van der Waals surface area contributed by atoms with Crippen molar-refractivity contribution in [2.24, 2.45) is 0 Å². The Morgan fingerprint density at radius 1 is 0.464 bits per heavy atom. The van der Waals surface area contributed by atoms with Crippen LogP contribution in [0.3, 0.4) is 0 Å². The molecule has 0 aliphatic heterocycles. The van der Waals surface area contributed by atoms with Crippen LogP contribution in [-0.2, 0) is 0 Å². The van der Waals surface area contributed by atoms with Crippen molar-refractivity contribution in [2.45, 2.75) is 0 Å². The molecule has 4 nitrogen and oxygen atoms in total. The van der Waals surface area contributed by atoms with Gasteiger partial charge in [-0.1, -0.05) is 42.5 Å². The standard InChI is InChI=1S/C24H13N4/c1-3-11-19-17(9-1)25-21-13-5-7-15(23(21)27-19)16-8-6-14-22-24(16)28-20-12-4-2-10-18(20)26-22/h1-7,9-14H. The smallest absolute Gasteiger partial charge is 0.0979 e. The van der Waals surface area contributed by atoms with E-state index in [4.69, 9.17) is 19.9 Å². The van der Waals surface area contributed by atoms with Gasteiger partial charge in [0.2, 0.25) is 0 Å². The number of nitrogens with zero attached hydrogens (tertiary/aromatic N) is 4. The van der Waals surface area contributed by atoms with Crippen LogP contribution in [0.1, 0.15) is 0 Å². The molecule has 28 heavy (non-hydrogen) atoms. The second-order valence-corrected chi connectivity index (χ2v) is 6.68. The molecule has 6 rings (SSSR count). The fraction of sp³-hybridized carbons (Fsp3) is 0. The van der Waals surface area contributed by atoms with E-state index in [1.165, 1.54) is 0 Å². The minimum absolute atomic E-state index is 0.823. The first-order chi connectivity index (χ1) is 13.9. The number of hydrogen-bond donors (Lipinski definition) is 0. The Labute approximate surface area is 160 Å². The lowest BCUT2D eigenvalue weighted by atomic mass is 10.0. The normalized spacial score (nSPS) is 11.6. The Bertz CT molecular complexity index is 1400. The number of fused-ring (bicyclic) bond motifs is 4. The summed E-state index contributed by atoms with van der Waals surface area (Å²) in [6.07, 6.45) is 0. The minimum atomic E-state index is 0.823. The van der Waals surface area contributed by atoms with Gasteiger partial charge in [-0.15, -0.1) is 0 Å². The van der Waals surface area contributed by atoms with Crippen molar-refractivity contribution in [3.8, 4) is 11.1 Å². The average Bonchev–Trinajstić information content (AvgIpc) is 2.75. The van der Waals surface area contributed by atoms with E-state index in [0.717, 1.165) is 55.3 Å². The van der Waals surface area contributed by atoms with Crippen LogP contribution in [0.15, 0.2) is 78.9 Å². The molecule has 0 N–H and O–H groups in total. The molecule has 6 aromatic rings. The summed E-state index contributed by atoms with van der Waals surface area (Å²) in [5.74, 6) is 0. The summed E-state index contributed by atoms with van der Waals surface area (Å²) in [4.78, 5) is 19.3. The molecule has 4 aromatic carbocycles. The van der Waals surface area contributed by atoms with Crippen molar-refractivity contribution in [3.63, 3.8) is 0 Å². The zero-order valence-electron chi connectivity index (χ0n) is 14.8. The molecule has 129 valence electrons. The van der Waals surface area contributed by atoms with Crippen LogP contribution in [0.25, 0.3) is 55.3 Å². The molecule has 0 spiro atoms. The van der Waals surface area contributed by atoms with Crippen molar-refractivity contribution in [3.05, 3.63) is 84.9 Å². The second-order valence-electron chi connectivity index (χ2n) is 6.68. The van der Waals surface area contributed by atoms with E-state index in [2.05, 4.69) is 6.07 Å². The van der Waals surface area contributed by atoms with E-state index in [1.807, 2.05) is 78.9 Å². The van der Waals surface area contributed by atoms with Crippen molar-refractivity contribution < 1.29 is 0 Å². The molecule has 0 unspecified atom stereocenters. The largest absolute Gasteiger partial charge is 0.244 e. The highest BCUT2D eigenvalue weighted by Crippen LogP contribution is 2.32. The molecule has 0 bridgehead atoms. The maximum absolute atomic E-state index is 4.89. The van der Waals surface area contributed by atoms with Gasteiger partial charge in [-0.05, 0) is 42.5 Å². The molecule has 2 aromatic heterocycles. The van der Waals surface area contributed by atoms with E-state index in [9.17, 15) is 0 Å². The summed E-state index contributed by atoms with van der Waals surface area (Å²) in [5, 5.41) is 0. The molecular formula is C24H13N4. The van der Waals surface area contributed by atoms with Gasteiger partial charge < -0.3 is 0 Å². The maximum Gasteiger partial charge on any atom is 0.0979 e. The third-order valence-electron chi connectivity index (χ3n) is 4.94. The highest BCUT2D eigenvalue weighted by Gasteiger charge is 2.13. The number of rotatable bonds is 1. The van der Waals surface area contributed by atoms with Gasteiger partial charge in [0, 0.05) is 11.1 Å². The lowest BCUT2D eigenvalue weighted by Gasteiger charge is -2.10. The minimum Gasteiger partial charge on any atom is -0.244 e. The Balaban J connectivity index is 1.72. The van der Waals surface area contributed by atoms with Crippen LogP contribution in [-0.4, -0.2) is 19.9 Å². The van der Waals surface area contributed by atoms with Crippen molar-refractivity contribution in [1.29, 1.82) is 0 Å². The van der Waals surface area contributed by atoms with Gasteiger partial charge in [0.15, 0.2) is 0 Å². The van der Waals surface area contributed by atoms with Crippen LogP contribution in [0.2, 0.25) is 0 Å². The van der Waals surface area contributed by atoms with Crippen LogP contribution in [0, 0.1) is 6.07 Å². The van der Waals surface area contributed by atoms with Crippen LogP contribution >= 0.6 is 0 Å². The first-order valence-corrected chi connectivity index (χ1v) is 9.10. The van der Waals surface area contributed by atoms with Gasteiger partial charge in [-0.2, -0.15) is 0 Å². The highest BCUT2D eigenvalue weighted by atomic mass is 14.8. The summed E-state index contributed by atoms with van der Waals surface area (Å²) < 4.78 is 0. The summed E-state index contributed by atoms with van der Waals surface area (Å²) in [6.45, 7) is 0. The van der Waals surface area contributed by atoms with E-state index in [1.54, 1.807) is 0 Å². The van der Waals surface area contributed by atoms with Gasteiger partial charge in [0.25, 0.3) is 0 Å². The monoisotopic (exact) mass is 357 g/mol. The lowest BCUT2D eigenvalue weighted by molar-refractivity contribution is 1.38. The molecule has 0 aliphatic rings. The molecule has 0 saturated heterocycles. The van der Waals surface area contributed by atoms with E-state index in [0.29, 0.717) is 0 Å². The summed E-state index contributed by atoms with van der Waals surface area (Å²) in [7, 11) is 0. The number of hydrogen-bond acceptors (Lipinski definition) is 4. The SMILES string of the molecule is [c]1ccc2nc3ccccc3nc2c1-c1cccc2nc3ccccc3nc12.